The highest BCUT2D eigenvalue weighted by molar-refractivity contribution is 6.23. The molecule has 22 heavy (non-hydrogen) atoms. The van der Waals surface area contributed by atoms with E-state index in [-0.39, 0.29) is 29.1 Å². The third-order valence-electron chi connectivity index (χ3n) is 6.60. The molecular weight excluding hydrogens is 274 g/mol. The highest BCUT2D eigenvalue weighted by atomic mass is 16.2. The van der Waals surface area contributed by atoms with Crippen LogP contribution in [0.15, 0.2) is 30.4 Å². The SMILES string of the molecule is Cc1ccc(N2C(=O)C3C(C2=O)C2C=CC3C23CC3)cc1C. The first kappa shape index (κ1) is 12.6. The number of aryl methyl sites for hydroxylation is 2. The van der Waals surface area contributed by atoms with Crippen LogP contribution in [0.25, 0.3) is 0 Å². The Morgan fingerprint density at radius 2 is 1.55 bits per heavy atom. The topological polar surface area (TPSA) is 37.4 Å². The summed E-state index contributed by atoms with van der Waals surface area (Å²) < 4.78 is 0. The maximum absolute atomic E-state index is 13.0. The number of carbonyl (C=O) groups excluding carboxylic acids is 2. The van der Waals surface area contributed by atoms with Crippen LogP contribution in [-0.2, 0) is 9.59 Å². The average Bonchev–Trinajstić information content (AvgIpc) is 3.08. The number of benzene rings is 1. The fourth-order valence-corrected chi connectivity index (χ4v) is 5.20. The minimum Gasteiger partial charge on any atom is -0.274 e. The monoisotopic (exact) mass is 293 g/mol. The lowest BCUT2D eigenvalue weighted by Crippen LogP contribution is -2.34. The van der Waals surface area contributed by atoms with Gasteiger partial charge in [0.1, 0.15) is 0 Å². The molecule has 2 saturated carbocycles. The Bertz CT molecular complexity index is 725. The predicted molar refractivity (Wildman–Crippen MR) is 83.2 cm³/mol. The van der Waals surface area contributed by atoms with Gasteiger partial charge in [-0.3, -0.25) is 14.5 Å². The molecule has 2 bridgehead atoms. The highest BCUT2D eigenvalue weighted by Gasteiger charge is 2.73. The van der Waals surface area contributed by atoms with Gasteiger partial charge in [0.05, 0.1) is 17.5 Å². The summed E-state index contributed by atoms with van der Waals surface area (Å²) in [5, 5.41) is 0. The van der Waals surface area contributed by atoms with Gasteiger partial charge in [-0.05, 0) is 67.2 Å². The third kappa shape index (κ3) is 1.25. The van der Waals surface area contributed by atoms with Crippen LogP contribution in [0.4, 0.5) is 5.69 Å². The number of nitrogens with zero attached hydrogens (tertiary/aromatic N) is 1. The van der Waals surface area contributed by atoms with E-state index >= 15 is 0 Å². The van der Waals surface area contributed by atoms with Crippen LogP contribution in [0, 0.1) is 42.9 Å². The number of amides is 2. The van der Waals surface area contributed by atoms with E-state index in [4.69, 9.17) is 0 Å². The summed E-state index contributed by atoms with van der Waals surface area (Å²) in [6.45, 7) is 4.07. The van der Waals surface area contributed by atoms with E-state index in [1.807, 2.05) is 32.0 Å². The zero-order valence-corrected chi connectivity index (χ0v) is 12.9. The summed E-state index contributed by atoms with van der Waals surface area (Å²) in [4.78, 5) is 27.4. The molecule has 4 atom stereocenters. The highest BCUT2D eigenvalue weighted by Crippen LogP contribution is 2.73. The molecule has 112 valence electrons. The van der Waals surface area contributed by atoms with E-state index < -0.39 is 0 Å². The lowest BCUT2D eigenvalue weighted by molar-refractivity contribution is -0.123. The maximum Gasteiger partial charge on any atom is 0.238 e. The van der Waals surface area contributed by atoms with Crippen molar-refractivity contribution in [2.24, 2.45) is 29.1 Å². The number of carbonyl (C=O) groups is 2. The second-order valence-corrected chi connectivity index (χ2v) is 7.50. The fourth-order valence-electron chi connectivity index (χ4n) is 5.20. The Balaban J connectivity index is 1.57. The largest absolute Gasteiger partial charge is 0.274 e. The van der Waals surface area contributed by atoms with Crippen LogP contribution in [0.5, 0.6) is 0 Å². The molecule has 1 aliphatic heterocycles. The number of hydrogen-bond donors (Lipinski definition) is 0. The first-order valence-electron chi connectivity index (χ1n) is 8.18. The lowest BCUT2D eigenvalue weighted by atomic mass is 9.85. The average molecular weight is 293 g/mol. The summed E-state index contributed by atoms with van der Waals surface area (Å²) >= 11 is 0. The Kier molecular flexibility index (Phi) is 2.13. The van der Waals surface area contributed by atoms with Gasteiger partial charge in [-0.2, -0.15) is 0 Å². The molecule has 4 aliphatic rings. The normalized spacial score (nSPS) is 36.5. The molecule has 0 N–H and O–H groups in total. The molecule has 1 aromatic rings. The van der Waals surface area contributed by atoms with E-state index in [2.05, 4.69) is 12.2 Å². The van der Waals surface area contributed by atoms with Gasteiger partial charge in [-0.1, -0.05) is 18.2 Å². The van der Waals surface area contributed by atoms with Crippen molar-refractivity contribution >= 4 is 17.5 Å². The molecule has 0 aromatic heterocycles. The maximum atomic E-state index is 13.0. The molecule has 3 heteroatoms. The lowest BCUT2D eigenvalue weighted by Gasteiger charge is -2.22. The smallest absolute Gasteiger partial charge is 0.238 e. The number of anilines is 1. The van der Waals surface area contributed by atoms with E-state index in [0.717, 1.165) is 11.3 Å². The number of hydrogen-bond acceptors (Lipinski definition) is 2. The molecule has 0 radical (unpaired) electrons. The Hall–Kier alpha value is -1.90. The number of fused-ring (bicyclic) bond motifs is 3. The second-order valence-electron chi connectivity index (χ2n) is 7.50. The van der Waals surface area contributed by atoms with E-state index in [1.165, 1.54) is 23.3 Å². The van der Waals surface area contributed by atoms with Crippen molar-refractivity contribution in [1.29, 1.82) is 0 Å². The van der Waals surface area contributed by atoms with Crippen molar-refractivity contribution in [2.45, 2.75) is 26.7 Å². The fraction of sp³-hybridized carbons (Fsp3) is 0.474. The first-order chi connectivity index (χ1) is 10.5. The van der Waals surface area contributed by atoms with Crippen LogP contribution < -0.4 is 4.90 Å². The quantitative estimate of drug-likeness (QED) is 0.589. The molecule has 3 fully saturated rings. The van der Waals surface area contributed by atoms with Crippen LogP contribution in [0.2, 0.25) is 0 Å². The second kappa shape index (κ2) is 3.70. The van der Waals surface area contributed by atoms with E-state index in [1.54, 1.807) is 0 Å². The van der Waals surface area contributed by atoms with Gasteiger partial charge in [0.15, 0.2) is 0 Å². The molecule has 3 aliphatic carbocycles. The molecule has 1 aromatic carbocycles. The Morgan fingerprint density at radius 1 is 0.955 bits per heavy atom. The van der Waals surface area contributed by atoms with Crippen molar-refractivity contribution in [3.05, 3.63) is 41.5 Å². The van der Waals surface area contributed by atoms with Crippen molar-refractivity contribution in [2.75, 3.05) is 4.90 Å². The van der Waals surface area contributed by atoms with Crippen molar-refractivity contribution in [3.63, 3.8) is 0 Å². The standard InChI is InChI=1S/C19H19NO2/c1-10-3-4-12(9-11(10)2)20-17(21)15-13-5-6-14(16(15)18(20)22)19(13)7-8-19/h3-6,9,13-16H,7-8H2,1-2H3. The summed E-state index contributed by atoms with van der Waals surface area (Å²) in [6, 6.07) is 5.87. The van der Waals surface area contributed by atoms with Gasteiger partial charge in [0.2, 0.25) is 11.8 Å². The molecule has 1 spiro atoms. The first-order valence-corrected chi connectivity index (χ1v) is 8.18. The Morgan fingerprint density at radius 3 is 2.05 bits per heavy atom. The molecular formula is C19H19NO2. The van der Waals surface area contributed by atoms with Crippen molar-refractivity contribution in [3.8, 4) is 0 Å². The van der Waals surface area contributed by atoms with E-state index in [0.29, 0.717) is 11.8 Å². The third-order valence-corrected chi connectivity index (χ3v) is 6.60. The molecule has 5 rings (SSSR count). The van der Waals surface area contributed by atoms with Gasteiger partial charge in [-0.25, -0.2) is 0 Å². The van der Waals surface area contributed by atoms with Crippen LogP contribution >= 0.6 is 0 Å². The summed E-state index contributed by atoms with van der Waals surface area (Å²) in [5.41, 5.74) is 3.32. The van der Waals surface area contributed by atoms with Gasteiger partial charge >= 0.3 is 0 Å². The Labute approximate surface area is 130 Å². The zero-order chi connectivity index (χ0) is 15.2. The summed E-state index contributed by atoms with van der Waals surface area (Å²) in [6.07, 6.45) is 6.81. The van der Waals surface area contributed by atoms with Gasteiger partial charge in [-0.15, -0.1) is 0 Å². The van der Waals surface area contributed by atoms with E-state index in [9.17, 15) is 9.59 Å². The molecule has 1 saturated heterocycles. The number of imide groups is 1. The van der Waals surface area contributed by atoms with Crippen LogP contribution in [-0.4, -0.2) is 11.8 Å². The van der Waals surface area contributed by atoms with Crippen molar-refractivity contribution in [1.82, 2.24) is 0 Å². The van der Waals surface area contributed by atoms with Gasteiger partial charge in [0, 0.05) is 0 Å². The molecule has 4 unspecified atom stereocenters. The van der Waals surface area contributed by atoms with Crippen molar-refractivity contribution < 1.29 is 9.59 Å². The van der Waals surface area contributed by atoms with Gasteiger partial charge in [0.25, 0.3) is 0 Å². The van der Waals surface area contributed by atoms with Crippen LogP contribution in [0.3, 0.4) is 0 Å². The van der Waals surface area contributed by atoms with Crippen LogP contribution in [0.1, 0.15) is 24.0 Å². The number of rotatable bonds is 1. The molecule has 3 nitrogen and oxygen atoms in total. The van der Waals surface area contributed by atoms with Gasteiger partial charge < -0.3 is 0 Å². The number of allylic oxidation sites excluding steroid dienone is 2. The predicted octanol–water partition coefficient (Wildman–Crippen LogP) is 3.01. The molecule has 1 heterocycles. The molecule has 2 amide bonds. The minimum absolute atomic E-state index is 0.0291. The minimum atomic E-state index is -0.105. The summed E-state index contributed by atoms with van der Waals surface area (Å²) in [7, 11) is 0. The summed E-state index contributed by atoms with van der Waals surface area (Å²) in [5.74, 6) is 0.451. The zero-order valence-electron chi connectivity index (χ0n) is 12.9.